The van der Waals surface area contributed by atoms with Crippen molar-refractivity contribution in [2.24, 2.45) is 0 Å². The molecule has 0 unspecified atom stereocenters. The molecule has 4 rings (SSSR count). The number of hydrogen-bond donors (Lipinski definition) is 1. The van der Waals surface area contributed by atoms with E-state index >= 15 is 0 Å². The summed E-state index contributed by atoms with van der Waals surface area (Å²) in [6.07, 6.45) is 4.77. The lowest BCUT2D eigenvalue weighted by molar-refractivity contribution is 0.0943. The number of nitrogens with zero attached hydrogens (tertiary/aromatic N) is 4. The van der Waals surface area contributed by atoms with E-state index in [2.05, 4.69) is 20.4 Å². The van der Waals surface area contributed by atoms with Crippen molar-refractivity contribution >= 4 is 27.5 Å². The maximum absolute atomic E-state index is 12.3. The lowest BCUT2D eigenvalue weighted by Crippen LogP contribution is -2.31. The average Bonchev–Trinajstić information content (AvgIpc) is 3.34. The summed E-state index contributed by atoms with van der Waals surface area (Å²) in [4.78, 5) is 33.4. The van der Waals surface area contributed by atoms with Gasteiger partial charge in [0.1, 0.15) is 4.83 Å². The summed E-state index contributed by atoms with van der Waals surface area (Å²) < 4.78 is 6.65. The molecule has 0 spiro atoms. The van der Waals surface area contributed by atoms with Gasteiger partial charge in [0.2, 0.25) is 0 Å². The second kappa shape index (κ2) is 6.89. The van der Waals surface area contributed by atoms with Gasteiger partial charge >= 0.3 is 0 Å². The Balaban J connectivity index is 1.40. The van der Waals surface area contributed by atoms with Crippen molar-refractivity contribution < 1.29 is 9.32 Å². The van der Waals surface area contributed by atoms with Crippen LogP contribution in [0.25, 0.3) is 21.5 Å². The molecule has 0 aliphatic heterocycles. The average molecular weight is 367 g/mol. The van der Waals surface area contributed by atoms with Crippen LogP contribution in [-0.2, 0) is 6.54 Å². The zero-order chi connectivity index (χ0) is 17.9. The van der Waals surface area contributed by atoms with Gasteiger partial charge in [0.15, 0.2) is 11.5 Å². The third kappa shape index (κ3) is 3.11. The predicted octanol–water partition coefficient (Wildman–Crippen LogP) is 1.94. The third-order valence-corrected chi connectivity index (χ3v) is 4.60. The van der Waals surface area contributed by atoms with E-state index in [0.717, 1.165) is 5.56 Å². The van der Waals surface area contributed by atoms with Gasteiger partial charge in [-0.2, -0.15) is 0 Å². The fourth-order valence-corrected chi connectivity index (χ4v) is 3.18. The Bertz CT molecular complexity index is 1120. The fourth-order valence-electron chi connectivity index (χ4n) is 2.46. The first-order chi connectivity index (χ1) is 12.7. The Labute approximate surface area is 151 Å². The zero-order valence-electron chi connectivity index (χ0n) is 13.5. The zero-order valence-corrected chi connectivity index (χ0v) is 14.3. The van der Waals surface area contributed by atoms with Gasteiger partial charge in [0.25, 0.3) is 11.5 Å². The molecule has 0 saturated carbocycles. The first-order valence-corrected chi connectivity index (χ1v) is 8.68. The molecule has 0 bridgehead atoms. The van der Waals surface area contributed by atoms with E-state index in [0.29, 0.717) is 22.5 Å². The van der Waals surface area contributed by atoms with Crippen LogP contribution >= 0.6 is 11.3 Å². The molecule has 0 radical (unpaired) electrons. The molecule has 9 heteroatoms. The van der Waals surface area contributed by atoms with Crippen molar-refractivity contribution in [2.75, 3.05) is 6.54 Å². The van der Waals surface area contributed by atoms with Crippen molar-refractivity contribution in [1.82, 2.24) is 25.0 Å². The molecule has 0 atom stereocenters. The predicted molar refractivity (Wildman–Crippen MR) is 95.9 cm³/mol. The van der Waals surface area contributed by atoms with E-state index in [9.17, 15) is 9.59 Å². The summed E-state index contributed by atoms with van der Waals surface area (Å²) in [6, 6.07) is 6.89. The second-order valence-electron chi connectivity index (χ2n) is 5.46. The first-order valence-electron chi connectivity index (χ1n) is 7.80. The molecule has 0 aliphatic carbocycles. The van der Waals surface area contributed by atoms with Crippen LogP contribution in [-0.4, -0.2) is 32.1 Å². The molecule has 4 aromatic rings. The SMILES string of the molecule is O=C(NCCn1cnc2sccc2c1=O)c1cc(-c2cccnc2)on1. The van der Waals surface area contributed by atoms with Crippen LogP contribution in [0.15, 0.2) is 57.7 Å². The van der Waals surface area contributed by atoms with Crippen LogP contribution < -0.4 is 10.9 Å². The Hall–Kier alpha value is -3.33. The lowest BCUT2D eigenvalue weighted by Gasteiger charge is -2.05. The van der Waals surface area contributed by atoms with Crippen LogP contribution in [0, 0.1) is 0 Å². The highest BCUT2D eigenvalue weighted by molar-refractivity contribution is 7.16. The van der Waals surface area contributed by atoms with Gasteiger partial charge < -0.3 is 9.84 Å². The van der Waals surface area contributed by atoms with Crippen LogP contribution in [0.5, 0.6) is 0 Å². The minimum Gasteiger partial charge on any atom is -0.355 e. The van der Waals surface area contributed by atoms with Gasteiger partial charge in [-0.3, -0.25) is 19.1 Å². The maximum Gasteiger partial charge on any atom is 0.273 e. The number of thiophene rings is 1. The number of carbonyl (C=O) groups excluding carboxylic acids is 1. The van der Waals surface area contributed by atoms with Crippen molar-refractivity contribution in [3.63, 3.8) is 0 Å². The van der Waals surface area contributed by atoms with Crippen molar-refractivity contribution in [2.45, 2.75) is 6.54 Å². The van der Waals surface area contributed by atoms with Gasteiger partial charge in [-0.1, -0.05) is 5.16 Å². The molecule has 8 nitrogen and oxygen atoms in total. The summed E-state index contributed by atoms with van der Waals surface area (Å²) in [7, 11) is 0. The molecule has 26 heavy (non-hydrogen) atoms. The van der Waals surface area contributed by atoms with Gasteiger partial charge in [0.05, 0.1) is 11.7 Å². The van der Waals surface area contributed by atoms with Gasteiger partial charge in [-0.15, -0.1) is 11.3 Å². The van der Waals surface area contributed by atoms with E-state index in [1.165, 1.54) is 22.2 Å². The summed E-state index contributed by atoms with van der Waals surface area (Å²) in [6.45, 7) is 0.585. The standard InChI is InChI=1S/C17H13N5O3S/c23-15(13-8-14(25-21-13)11-2-1-4-18-9-11)19-5-6-22-10-20-16-12(17(22)24)3-7-26-16/h1-4,7-10H,5-6H2,(H,19,23). The maximum atomic E-state index is 12.3. The van der Waals surface area contributed by atoms with Crippen molar-refractivity contribution in [3.8, 4) is 11.3 Å². The minimum absolute atomic E-state index is 0.120. The number of pyridine rings is 1. The van der Waals surface area contributed by atoms with E-state index in [1.807, 2.05) is 11.4 Å². The van der Waals surface area contributed by atoms with E-state index in [1.54, 1.807) is 30.6 Å². The molecule has 1 amide bonds. The minimum atomic E-state index is -0.374. The van der Waals surface area contributed by atoms with Crippen molar-refractivity contribution in [1.29, 1.82) is 0 Å². The molecule has 0 aromatic carbocycles. The van der Waals surface area contributed by atoms with Crippen LogP contribution in [0.1, 0.15) is 10.5 Å². The number of carbonyl (C=O) groups is 1. The van der Waals surface area contributed by atoms with Crippen molar-refractivity contribution in [3.05, 3.63) is 64.4 Å². The molecule has 0 saturated heterocycles. The molecular weight excluding hydrogens is 354 g/mol. The first kappa shape index (κ1) is 16.2. The van der Waals surface area contributed by atoms with E-state index in [4.69, 9.17) is 4.52 Å². The summed E-state index contributed by atoms with van der Waals surface area (Å²) in [5.74, 6) is 0.0908. The Kier molecular flexibility index (Phi) is 4.28. The number of rotatable bonds is 5. The highest BCUT2D eigenvalue weighted by atomic mass is 32.1. The highest BCUT2D eigenvalue weighted by Crippen LogP contribution is 2.18. The normalized spacial score (nSPS) is 10.9. The van der Waals surface area contributed by atoms with Crippen LogP contribution in [0.4, 0.5) is 0 Å². The van der Waals surface area contributed by atoms with Gasteiger partial charge in [-0.05, 0) is 23.6 Å². The second-order valence-corrected chi connectivity index (χ2v) is 6.35. The molecule has 130 valence electrons. The van der Waals surface area contributed by atoms with Crippen LogP contribution in [0.3, 0.4) is 0 Å². The highest BCUT2D eigenvalue weighted by Gasteiger charge is 2.13. The molecule has 0 aliphatic rings. The number of hydrogen-bond acceptors (Lipinski definition) is 7. The molecule has 0 fully saturated rings. The Morgan fingerprint density at radius 1 is 1.35 bits per heavy atom. The number of amides is 1. The largest absolute Gasteiger partial charge is 0.355 e. The van der Waals surface area contributed by atoms with Gasteiger partial charge in [0, 0.05) is 37.1 Å². The number of aromatic nitrogens is 4. The van der Waals surface area contributed by atoms with Crippen LogP contribution in [0.2, 0.25) is 0 Å². The summed E-state index contributed by atoms with van der Waals surface area (Å²) in [5, 5.41) is 8.91. The fraction of sp³-hybridized carbons (Fsp3) is 0.118. The molecular formula is C17H13N5O3S. The molecule has 4 heterocycles. The van der Waals surface area contributed by atoms with E-state index in [-0.39, 0.29) is 23.7 Å². The topological polar surface area (TPSA) is 103 Å². The lowest BCUT2D eigenvalue weighted by atomic mass is 10.2. The molecule has 1 N–H and O–H groups in total. The quantitative estimate of drug-likeness (QED) is 0.578. The third-order valence-electron chi connectivity index (χ3n) is 3.78. The van der Waals surface area contributed by atoms with Gasteiger partial charge in [-0.25, -0.2) is 4.98 Å². The smallest absolute Gasteiger partial charge is 0.273 e. The monoisotopic (exact) mass is 367 g/mol. The summed E-state index contributed by atoms with van der Waals surface area (Å²) in [5.41, 5.74) is 0.786. The molecule has 4 aromatic heterocycles. The Morgan fingerprint density at radius 3 is 3.12 bits per heavy atom. The van der Waals surface area contributed by atoms with E-state index < -0.39 is 0 Å². The Morgan fingerprint density at radius 2 is 2.27 bits per heavy atom. The number of nitrogens with one attached hydrogen (secondary N) is 1. The summed E-state index contributed by atoms with van der Waals surface area (Å²) >= 11 is 1.42. The number of fused-ring (bicyclic) bond motifs is 1.